The van der Waals surface area contributed by atoms with Crippen molar-refractivity contribution >= 4 is 29.6 Å². The van der Waals surface area contributed by atoms with Crippen molar-refractivity contribution < 1.29 is 203 Å². The quantitative estimate of drug-likeness (QED) is 0.0202. The third-order valence-corrected chi connectivity index (χ3v) is 25.7. The van der Waals surface area contributed by atoms with Crippen molar-refractivity contribution in [2.45, 2.75) is 466 Å². The lowest BCUT2D eigenvalue weighted by Gasteiger charge is -2.51. The number of ether oxygens (including phenoxy) is 14. The Morgan fingerprint density at radius 2 is 0.739 bits per heavy atom. The maximum atomic E-state index is 13.6. The Morgan fingerprint density at radius 3 is 1.16 bits per heavy atom. The first-order valence-corrected chi connectivity index (χ1v) is 48.1. The van der Waals surface area contributed by atoms with E-state index in [1.165, 1.54) is 116 Å². The Kier molecular flexibility index (Phi) is 52.4. The van der Waals surface area contributed by atoms with Crippen LogP contribution >= 0.6 is 0 Å². The van der Waals surface area contributed by atoms with Gasteiger partial charge in [-0.2, -0.15) is 0 Å². The molecule has 7 saturated heterocycles. The second kappa shape index (κ2) is 60.2. The number of amides is 4. The zero-order chi connectivity index (χ0) is 98.5. The molecule has 45 heteroatoms. The summed E-state index contributed by atoms with van der Waals surface area (Å²) in [5.41, 5.74) is 0. The van der Waals surface area contributed by atoms with Crippen LogP contribution in [-0.4, -0.2) is 427 Å². The predicted octanol–water partition coefficient (Wildman–Crippen LogP) is -4.47. The van der Waals surface area contributed by atoms with Crippen LogP contribution in [0.25, 0.3) is 0 Å². The number of carboxylic acids is 1. The van der Waals surface area contributed by atoms with Gasteiger partial charge in [-0.1, -0.05) is 193 Å². The summed E-state index contributed by atoms with van der Waals surface area (Å²) in [7, 11) is 0. The molecule has 780 valence electrons. The number of aliphatic carboxylic acids is 1. The molecule has 7 fully saturated rings. The average molecular weight is 1940 g/mol. The van der Waals surface area contributed by atoms with Crippen molar-refractivity contribution in [3.05, 3.63) is 12.2 Å². The fourth-order valence-corrected chi connectivity index (χ4v) is 18.0. The average Bonchev–Trinajstić information content (AvgIpc) is 0.372. The van der Waals surface area contributed by atoms with Gasteiger partial charge < -0.3 is 200 Å². The molecular formula is C89H158N4O41. The largest absolute Gasteiger partial charge is 0.477 e. The monoisotopic (exact) mass is 1940 g/mol. The Bertz CT molecular complexity index is 3340. The molecule has 0 aromatic heterocycles. The van der Waals surface area contributed by atoms with Crippen molar-refractivity contribution in [2.75, 3.05) is 52.9 Å². The molecule has 38 atom stereocenters. The number of hydrogen-bond acceptors (Lipinski definition) is 40. The smallest absolute Gasteiger partial charge is 0.364 e. The molecule has 0 aromatic carbocycles. The van der Waals surface area contributed by atoms with Gasteiger partial charge in [-0.3, -0.25) is 19.2 Å². The Hall–Kier alpha value is -4.31. The van der Waals surface area contributed by atoms with Crippen molar-refractivity contribution in [1.29, 1.82) is 0 Å². The number of aliphatic hydroxyl groups excluding tert-OH is 21. The van der Waals surface area contributed by atoms with Gasteiger partial charge in [0, 0.05) is 33.6 Å². The first kappa shape index (κ1) is 117. The maximum Gasteiger partial charge on any atom is 0.364 e. The molecule has 7 aliphatic rings. The highest BCUT2D eigenvalue weighted by Crippen LogP contribution is 2.42. The van der Waals surface area contributed by atoms with Gasteiger partial charge >= 0.3 is 5.97 Å². The first-order chi connectivity index (χ1) is 64.1. The van der Waals surface area contributed by atoms with Crippen LogP contribution in [0.3, 0.4) is 0 Å². The lowest BCUT2D eigenvalue weighted by molar-refractivity contribution is -0.391. The topological polar surface area (TPSA) is 708 Å². The van der Waals surface area contributed by atoms with E-state index in [1.54, 1.807) is 6.08 Å². The van der Waals surface area contributed by atoms with Gasteiger partial charge in [0.15, 0.2) is 37.7 Å². The molecule has 7 rings (SSSR count). The molecule has 26 N–H and O–H groups in total. The van der Waals surface area contributed by atoms with Gasteiger partial charge in [-0.15, -0.1) is 0 Å². The number of allylic oxidation sites excluding steroid dienone is 1. The molecule has 4 amide bonds. The molecule has 45 nitrogen and oxygen atoms in total. The molecule has 7 heterocycles. The highest BCUT2D eigenvalue weighted by Gasteiger charge is 2.63. The van der Waals surface area contributed by atoms with E-state index >= 15 is 0 Å². The fraction of sp³-hybridized carbons (Fsp3) is 0.921. The second-order valence-electron chi connectivity index (χ2n) is 36.3. The zero-order valence-corrected chi connectivity index (χ0v) is 77.7. The highest BCUT2D eigenvalue weighted by molar-refractivity contribution is 5.77. The predicted molar refractivity (Wildman–Crippen MR) is 464 cm³/mol. The van der Waals surface area contributed by atoms with Gasteiger partial charge in [0.25, 0.3) is 5.79 Å². The van der Waals surface area contributed by atoms with Crippen LogP contribution in [0, 0.1) is 0 Å². The third-order valence-electron chi connectivity index (χ3n) is 25.7. The Morgan fingerprint density at radius 1 is 0.388 bits per heavy atom. The molecule has 14 unspecified atom stereocenters. The maximum absolute atomic E-state index is 13.6. The van der Waals surface area contributed by atoms with E-state index in [4.69, 9.17) is 66.3 Å². The standard InChI is InChI=1S/C89H158N4O41/c1-6-8-10-12-14-16-18-20-21-22-23-25-27-29-31-33-35-37-60(107)93-50(51(104)36-34-32-30-28-26-24-19-17-15-13-11-9-7-2)46-121-84-71(115)70(114)76(59(45-100)127-84)129-86-72(116)79(66(110)55(41-96)124-86)131-82-62(91-48(4)102)69(113)75(58(44-99)126-82)128-85-73(117)80(67(111)56(42-97)123-85)132-83-63(92-49(5)103)77(65(109)54(40-95)122-83)130-87-74(118)81(68(112)57(43-98)125-87)134-89(88(119)120)38-52(105)61(90-47(3)101)78(133-89)64(108)53(106)39-94/h34,36,50-59,61-87,94-100,104-106,108-118H,6-33,35,37-46H2,1-5H3,(H,90,101)(H,91,102)(H,92,103)(H,93,107)(H,119,120)/b36-34+/t50-,51+,52?,53+,54?,55?,56?,57?,58?,59?,61+,62?,63?,64+,65+,66-,67-,68-,69+,70+,71?,72?,73?,74?,75+,76+,77+,78?,79-,80-,81-,82-,83-,84+,85-,86-,87-,89-/m0/s1. The van der Waals surface area contributed by atoms with Crippen molar-refractivity contribution in [3.63, 3.8) is 0 Å². The molecule has 0 aliphatic carbocycles. The minimum Gasteiger partial charge on any atom is -0.477 e. The van der Waals surface area contributed by atoms with Gasteiger partial charge in [0.2, 0.25) is 23.6 Å². The van der Waals surface area contributed by atoms with E-state index < -0.39 is 315 Å². The van der Waals surface area contributed by atoms with E-state index in [9.17, 15) is 136 Å². The number of unbranched alkanes of at least 4 members (excludes halogenated alkanes) is 27. The molecule has 0 radical (unpaired) electrons. The molecule has 7 aliphatic heterocycles. The van der Waals surface area contributed by atoms with Crippen LogP contribution in [-0.2, 0) is 90.3 Å². The number of nitrogens with one attached hydrogen (secondary N) is 4. The highest BCUT2D eigenvalue weighted by atomic mass is 16.8. The van der Waals surface area contributed by atoms with Crippen LogP contribution in [0.2, 0.25) is 0 Å². The fourth-order valence-electron chi connectivity index (χ4n) is 18.0. The molecule has 0 spiro atoms. The lowest BCUT2D eigenvalue weighted by atomic mass is 9.88. The summed E-state index contributed by atoms with van der Waals surface area (Å²) in [4.78, 5) is 65.4. The van der Waals surface area contributed by atoms with Crippen molar-refractivity contribution in [2.24, 2.45) is 0 Å². The number of carbonyl (C=O) groups is 5. The lowest BCUT2D eigenvalue weighted by Crippen LogP contribution is -2.72. The van der Waals surface area contributed by atoms with Gasteiger partial charge in [0.1, 0.15) is 165 Å². The molecule has 134 heavy (non-hydrogen) atoms. The van der Waals surface area contributed by atoms with E-state index in [1.807, 2.05) is 6.08 Å². The van der Waals surface area contributed by atoms with Gasteiger partial charge in [-0.05, 0) is 19.3 Å². The summed E-state index contributed by atoms with van der Waals surface area (Å²) in [6.07, 6.45) is -33.2. The number of carbonyl (C=O) groups excluding carboxylic acids is 4. The van der Waals surface area contributed by atoms with E-state index in [0.717, 1.165) is 78.6 Å². The molecular weight excluding hydrogens is 1780 g/mol. The molecule has 0 bridgehead atoms. The Labute approximate surface area is 781 Å². The van der Waals surface area contributed by atoms with Crippen LogP contribution in [0.15, 0.2) is 12.2 Å². The third kappa shape index (κ3) is 34.0. The second-order valence-corrected chi connectivity index (χ2v) is 36.3. The number of hydrogen-bond donors (Lipinski definition) is 26. The van der Waals surface area contributed by atoms with E-state index in [0.29, 0.717) is 12.8 Å². The summed E-state index contributed by atoms with van der Waals surface area (Å²) in [6, 6.07) is -6.74. The molecule has 0 aromatic rings. The van der Waals surface area contributed by atoms with Crippen molar-refractivity contribution in [1.82, 2.24) is 21.3 Å². The number of rotatable bonds is 61. The zero-order valence-electron chi connectivity index (χ0n) is 77.7. The minimum atomic E-state index is -3.27. The summed E-state index contributed by atoms with van der Waals surface area (Å²) >= 11 is 0. The SMILES string of the molecule is CCCCCCCCCCCCC/C=C/[C@@H](O)[C@H](CO[C@@H]1OC(CO)[C@@H](O[C@@H]2OC(CO)[C@H](O)[C@H](O[C@@H]3OC(CO)[C@@H](O[C@@H]4OC(CO)[C@H](O)[C@H](O[C@@H]5OC(CO)[C@@H](O)[C@H](O[C@@H]6OC(CO)[C@H](O)[C@H](O[C@]7(C(=O)O)CC(O)[C@@H](NC(C)=O)C([C@H](O)[C@H](O)CO)O7)C6O)C5NC(C)=O)C4O)[C@H](O)C3NC(C)=O)C2O)[C@H](O)C1O)NC(=O)CCCCCCCCCCCCCCCCCCC. The molecule has 0 saturated carbocycles. The van der Waals surface area contributed by atoms with E-state index in [2.05, 4.69) is 35.1 Å². The van der Waals surface area contributed by atoms with Crippen molar-refractivity contribution in [3.8, 4) is 0 Å². The van der Waals surface area contributed by atoms with Crippen LogP contribution in [0.1, 0.15) is 234 Å². The number of aliphatic hydroxyl groups is 21. The van der Waals surface area contributed by atoms with E-state index in [-0.39, 0.29) is 12.3 Å². The summed E-state index contributed by atoms with van der Waals surface area (Å²) in [5.74, 6) is -8.53. The van der Waals surface area contributed by atoms with Crippen LogP contribution < -0.4 is 21.3 Å². The summed E-state index contributed by atoms with van der Waals surface area (Å²) in [5, 5.41) is 258. The van der Waals surface area contributed by atoms with Gasteiger partial charge in [-0.25, -0.2) is 4.79 Å². The summed E-state index contributed by atoms with van der Waals surface area (Å²) in [6.45, 7) is -1.05. The van der Waals surface area contributed by atoms with Crippen LogP contribution in [0.5, 0.6) is 0 Å². The Balaban J connectivity index is 1.02. The van der Waals surface area contributed by atoms with Crippen LogP contribution in [0.4, 0.5) is 0 Å². The minimum absolute atomic E-state index is 0.151. The number of carboxylic acid groups (broad SMARTS) is 1. The normalized spacial score (nSPS) is 36.9. The van der Waals surface area contributed by atoms with Gasteiger partial charge in [0.05, 0.1) is 77.1 Å². The first-order valence-electron chi connectivity index (χ1n) is 48.1. The summed E-state index contributed by atoms with van der Waals surface area (Å²) < 4.78 is 83.2.